The van der Waals surface area contributed by atoms with Crippen LogP contribution in [0.3, 0.4) is 0 Å². The van der Waals surface area contributed by atoms with Gasteiger partial charge in [0.1, 0.15) is 5.82 Å². The van der Waals surface area contributed by atoms with E-state index < -0.39 is 11.7 Å². The zero-order valence-electron chi connectivity index (χ0n) is 14.1. The standard InChI is InChI=1S/C21H17FN2O2/c1-14-7-12-18(22)19(13-14)24-21(26)16-8-10-17(11-9-16)23-20(25)15-5-3-2-4-6-15/h2-13H,1H3,(H,23,25)(H,24,26). The van der Waals surface area contributed by atoms with Gasteiger partial charge in [0.2, 0.25) is 0 Å². The predicted octanol–water partition coefficient (Wildman–Crippen LogP) is 4.64. The third kappa shape index (κ3) is 4.13. The van der Waals surface area contributed by atoms with Gasteiger partial charge in [-0.3, -0.25) is 9.59 Å². The predicted molar refractivity (Wildman–Crippen MR) is 99.9 cm³/mol. The summed E-state index contributed by atoms with van der Waals surface area (Å²) >= 11 is 0. The molecule has 0 saturated carbocycles. The van der Waals surface area contributed by atoms with Gasteiger partial charge in [-0.05, 0) is 61.0 Å². The molecular formula is C21H17FN2O2. The summed E-state index contributed by atoms with van der Waals surface area (Å²) < 4.78 is 13.8. The van der Waals surface area contributed by atoms with Crippen molar-refractivity contribution in [1.82, 2.24) is 0 Å². The van der Waals surface area contributed by atoms with Crippen LogP contribution in [0.1, 0.15) is 26.3 Å². The van der Waals surface area contributed by atoms with E-state index in [1.54, 1.807) is 60.7 Å². The van der Waals surface area contributed by atoms with Crippen LogP contribution in [-0.4, -0.2) is 11.8 Å². The van der Waals surface area contributed by atoms with Crippen LogP contribution in [0.4, 0.5) is 15.8 Å². The van der Waals surface area contributed by atoms with Crippen LogP contribution >= 0.6 is 0 Å². The Labute approximate surface area is 150 Å². The SMILES string of the molecule is Cc1ccc(F)c(NC(=O)c2ccc(NC(=O)c3ccccc3)cc2)c1. The monoisotopic (exact) mass is 348 g/mol. The number of nitrogens with one attached hydrogen (secondary N) is 2. The van der Waals surface area contributed by atoms with Gasteiger partial charge < -0.3 is 10.6 Å². The highest BCUT2D eigenvalue weighted by Gasteiger charge is 2.10. The van der Waals surface area contributed by atoms with Crippen molar-refractivity contribution in [3.8, 4) is 0 Å². The van der Waals surface area contributed by atoms with Crippen molar-refractivity contribution in [2.75, 3.05) is 10.6 Å². The Bertz CT molecular complexity index is 938. The molecule has 2 amide bonds. The minimum atomic E-state index is -0.490. The van der Waals surface area contributed by atoms with Crippen LogP contribution in [0.25, 0.3) is 0 Å². The van der Waals surface area contributed by atoms with Gasteiger partial charge in [-0.1, -0.05) is 24.3 Å². The number of aryl methyl sites for hydroxylation is 1. The number of carbonyl (C=O) groups is 2. The highest BCUT2D eigenvalue weighted by atomic mass is 19.1. The van der Waals surface area contributed by atoms with E-state index in [1.165, 1.54) is 6.07 Å². The smallest absolute Gasteiger partial charge is 0.255 e. The lowest BCUT2D eigenvalue weighted by molar-refractivity contribution is 0.101. The maximum absolute atomic E-state index is 13.8. The summed E-state index contributed by atoms with van der Waals surface area (Å²) in [4.78, 5) is 24.4. The second-order valence-electron chi connectivity index (χ2n) is 5.83. The van der Waals surface area contributed by atoms with Crippen molar-refractivity contribution >= 4 is 23.2 Å². The summed E-state index contributed by atoms with van der Waals surface area (Å²) in [6, 6.07) is 19.8. The van der Waals surface area contributed by atoms with E-state index in [-0.39, 0.29) is 11.6 Å². The summed E-state index contributed by atoms with van der Waals surface area (Å²) in [5.74, 6) is -1.14. The van der Waals surface area contributed by atoms with Crippen LogP contribution in [0.15, 0.2) is 72.8 Å². The van der Waals surface area contributed by atoms with Gasteiger partial charge in [-0.15, -0.1) is 0 Å². The second kappa shape index (κ2) is 7.61. The molecular weight excluding hydrogens is 331 g/mol. The maximum Gasteiger partial charge on any atom is 0.255 e. The average molecular weight is 348 g/mol. The Morgan fingerprint density at radius 2 is 1.38 bits per heavy atom. The quantitative estimate of drug-likeness (QED) is 0.722. The van der Waals surface area contributed by atoms with Crippen LogP contribution < -0.4 is 10.6 Å². The molecule has 0 aromatic heterocycles. The lowest BCUT2D eigenvalue weighted by Crippen LogP contribution is -2.14. The number of amides is 2. The molecule has 0 unspecified atom stereocenters. The fourth-order valence-corrected chi connectivity index (χ4v) is 2.43. The van der Waals surface area contributed by atoms with Crippen molar-refractivity contribution in [2.24, 2.45) is 0 Å². The van der Waals surface area contributed by atoms with E-state index in [4.69, 9.17) is 0 Å². The van der Waals surface area contributed by atoms with Gasteiger partial charge in [0.25, 0.3) is 11.8 Å². The Morgan fingerprint density at radius 1 is 0.769 bits per heavy atom. The number of rotatable bonds is 4. The lowest BCUT2D eigenvalue weighted by Gasteiger charge is -2.09. The lowest BCUT2D eigenvalue weighted by atomic mass is 10.1. The van der Waals surface area contributed by atoms with E-state index in [0.717, 1.165) is 5.56 Å². The molecule has 3 aromatic carbocycles. The molecule has 0 aliphatic carbocycles. The molecule has 2 N–H and O–H groups in total. The van der Waals surface area contributed by atoms with Gasteiger partial charge in [0.15, 0.2) is 0 Å². The molecule has 0 heterocycles. The zero-order chi connectivity index (χ0) is 18.5. The first-order chi connectivity index (χ1) is 12.5. The minimum absolute atomic E-state index is 0.136. The van der Waals surface area contributed by atoms with E-state index in [9.17, 15) is 14.0 Å². The summed E-state index contributed by atoms with van der Waals surface area (Å²) in [5.41, 5.74) is 2.46. The third-order valence-corrected chi connectivity index (χ3v) is 3.81. The summed E-state index contributed by atoms with van der Waals surface area (Å²) in [5, 5.41) is 5.31. The van der Waals surface area contributed by atoms with Crippen LogP contribution in [0, 0.1) is 12.7 Å². The van der Waals surface area contributed by atoms with Crippen LogP contribution in [-0.2, 0) is 0 Å². The molecule has 26 heavy (non-hydrogen) atoms. The molecule has 0 spiro atoms. The van der Waals surface area contributed by atoms with Crippen LogP contribution in [0.5, 0.6) is 0 Å². The second-order valence-corrected chi connectivity index (χ2v) is 5.83. The number of hydrogen-bond acceptors (Lipinski definition) is 2. The van der Waals surface area contributed by atoms with Crippen molar-refractivity contribution < 1.29 is 14.0 Å². The van der Waals surface area contributed by atoms with E-state index in [1.807, 2.05) is 13.0 Å². The molecule has 3 aromatic rings. The summed E-state index contributed by atoms with van der Waals surface area (Å²) in [6.07, 6.45) is 0. The molecule has 0 aliphatic heterocycles. The first kappa shape index (κ1) is 17.4. The third-order valence-electron chi connectivity index (χ3n) is 3.81. The molecule has 4 nitrogen and oxygen atoms in total. The Morgan fingerprint density at radius 3 is 2.08 bits per heavy atom. The van der Waals surface area contributed by atoms with Crippen molar-refractivity contribution in [3.05, 3.63) is 95.3 Å². The first-order valence-corrected chi connectivity index (χ1v) is 8.07. The van der Waals surface area contributed by atoms with Gasteiger partial charge in [0.05, 0.1) is 5.69 Å². The Kier molecular flexibility index (Phi) is 5.08. The van der Waals surface area contributed by atoms with Gasteiger partial charge in [-0.25, -0.2) is 4.39 Å². The largest absolute Gasteiger partial charge is 0.322 e. The molecule has 130 valence electrons. The minimum Gasteiger partial charge on any atom is -0.322 e. The highest BCUT2D eigenvalue weighted by Crippen LogP contribution is 2.18. The number of benzene rings is 3. The molecule has 0 radical (unpaired) electrons. The number of carbonyl (C=O) groups excluding carboxylic acids is 2. The van der Waals surface area contributed by atoms with E-state index in [0.29, 0.717) is 16.8 Å². The van der Waals surface area contributed by atoms with Crippen molar-refractivity contribution in [1.29, 1.82) is 0 Å². The molecule has 0 bridgehead atoms. The first-order valence-electron chi connectivity index (χ1n) is 8.07. The molecule has 0 aliphatic rings. The van der Waals surface area contributed by atoms with E-state index >= 15 is 0 Å². The topological polar surface area (TPSA) is 58.2 Å². The molecule has 0 saturated heterocycles. The van der Waals surface area contributed by atoms with Gasteiger partial charge in [-0.2, -0.15) is 0 Å². The average Bonchev–Trinajstić information content (AvgIpc) is 2.66. The fraction of sp³-hybridized carbons (Fsp3) is 0.0476. The fourth-order valence-electron chi connectivity index (χ4n) is 2.43. The van der Waals surface area contributed by atoms with Crippen molar-refractivity contribution in [3.63, 3.8) is 0 Å². The number of hydrogen-bond donors (Lipinski definition) is 2. The summed E-state index contributed by atoms with van der Waals surface area (Å²) in [7, 11) is 0. The molecule has 0 atom stereocenters. The molecule has 5 heteroatoms. The maximum atomic E-state index is 13.8. The Hall–Kier alpha value is -3.47. The number of halogens is 1. The Balaban J connectivity index is 1.68. The summed E-state index contributed by atoms with van der Waals surface area (Å²) in [6.45, 7) is 1.82. The number of anilines is 2. The van der Waals surface area contributed by atoms with Crippen LogP contribution in [0.2, 0.25) is 0 Å². The van der Waals surface area contributed by atoms with Crippen molar-refractivity contribution in [2.45, 2.75) is 6.92 Å². The van der Waals surface area contributed by atoms with Gasteiger partial charge >= 0.3 is 0 Å². The molecule has 0 fully saturated rings. The normalized spacial score (nSPS) is 10.2. The molecule has 3 rings (SSSR count). The zero-order valence-corrected chi connectivity index (χ0v) is 14.1. The highest BCUT2D eigenvalue weighted by molar-refractivity contribution is 6.06. The van der Waals surface area contributed by atoms with Gasteiger partial charge in [0, 0.05) is 16.8 Å². The van der Waals surface area contributed by atoms with E-state index in [2.05, 4.69) is 10.6 Å².